The lowest BCUT2D eigenvalue weighted by Crippen LogP contribution is -2.36. The van der Waals surface area contributed by atoms with Gasteiger partial charge in [-0.25, -0.2) is 0 Å². The topological polar surface area (TPSA) is 78.7 Å². The number of pyridine rings is 1. The molecule has 2 saturated carbocycles. The lowest BCUT2D eigenvalue weighted by atomic mass is 9.80. The maximum absolute atomic E-state index is 12.3. The number of aromatic nitrogens is 4. The average molecular weight is 349 g/mol. The summed E-state index contributed by atoms with van der Waals surface area (Å²) in [4.78, 5) is 12.3. The van der Waals surface area contributed by atoms with Gasteiger partial charge in [-0.05, 0) is 44.7 Å². The first-order chi connectivity index (χ1) is 12.6. The first-order valence-corrected chi connectivity index (χ1v) is 9.40. The van der Waals surface area contributed by atoms with E-state index < -0.39 is 0 Å². The van der Waals surface area contributed by atoms with Gasteiger partial charge in [0.15, 0.2) is 11.3 Å². The van der Waals surface area contributed by atoms with Gasteiger partial charge >= 0.3 is 0 Å². The summed E-state index contributed by atoms with van der Waals surface area (Å²) in [5.74, 6) is 2.53. The van der Waals surface area contributed by atoms with Gasteiger partial charge in [-0.15, -0.1) is 10.2 Å². The Kier molecular flexibility index (Phi) is 3.50. The van der Waals surface area contributed by atoms with Gasteiger partial charge in [-0.1, -0.05) is 12.1 Å². The minimum absolute atomic E-state index is 0.0714. The number of fused-ring (bicyclic) bond motifs is 1. The second-order valence-electron chi connectivity index (χ2n) is 7.76. The first-order valence-electron chi connectivity index (χ1n) is 9.40. The maximum atomic E-state index is 12.3. The van der Waals surface area contributed by atoms with Crippen molar-refractivity contribution in [3.8, 4) is 0 Å². The van der Waals surface area contributed by atoms with Gasteiger partial charge in [0.05, 0.1) is 12.1 Å². The van der Waals surface area contributed by atoms with E-state index in [2.05, 4.69) is 19.3 Å². The molecule has 0 saturated heterocycles. The minimum Gasteiger partial charge on any atom is -0.337 e. The lowest BCUT2D eigenvalue weighted by Gasteiger charge is -2.32. The van der Waals surface area contributed by atoms with Crippen LogP contribution in [0.4, 0.5) is 0 Å². The Balaban J connectivity index is 1.59. The number of hydrogen-bond donors (Lipinski definition) is 1. The molecule has 0 spiro atoms. The Hall–Kier alpha value is -2.47. The Morgan fingerprint density at radius 2 is 1.96 bits per heavy atom. The highest BCUT2D eigenvalue weighted by atomic mass is 16.1. The largest absolute Gasteiger partial charge is 0.337 e. The van der Waals surface area contributed by atoms with Crippen LogP contribution < -0.4 is 11.2 Å². The molecular weight excluding hydrogens is 326 g/mol. The van der Waals surface area contributed by atoms with Crippen molar-refractivity contribution in [3.05, 3.63) is 57.9 Å². The van der Waals surface area contributed by atoms with Gasteiger partial charge in [0.1, 0.15) is 5.82 Å². The second-order valence-corrected chi connectivity index (χ2v) is 7.76. The van der Waals surface area contributed by atoms with Crippen LogP contribution in [0.1, 0.15) is 55.0 Å². The average Bonchev–Trinajstić information content (AvgIpc) is 3.36. The minimum atomic E-state index is 0.0714. The number of rotatable bonds is 4. The third kappa shape index (κ3) is 2.48. The summed E-state index contributed by atoms with van der Waals surface area (Å²) in [5.41, 5.74) is 7.96. The van der Waals surface area contributed by atoms with Crippen LogP contribution in [0.3, 0.4) is 0 Å². The molecule has 26 heavy (non-hydrogen) atoms. The Labute approximate surface area is 151 Å². The molecule has 2 aliphatic rings. The quantitative estimate of drug-likeness (QED) is 0.785. The molecule has 0 atom stereocenters. The van der Waals surface area contributed by atoms with Crippen molar-refractivity contribution in [1.29, 1.82) is 0 Å². The van der Waals surface area contributed by atoms with Crippen LogP contribution in [0.5, 0.6) is 0 Å². The van der Waals surface area contributed by atoms with Crippen LogP contribution in [-0.2, 0) is 6.54 Å². The molecule has 134 valence electrons. The van der Waals surface area contributed by atoms with Crippen LogP contribution in [-0.4, -0.2) is 25.4 Å². The number of benzene rings is 1. The van der Waals surface area contributed by atoms with E-state index in [1.54, 1.807) is 6.07 Å². The lowest BCUT2D eigenvalue weighted by molar-refractivity contribution is 0.327. The Morgan fingerprint density at radius 1 is 1.19 bits per heavy atom. The summed E-state index contributed by atoms with van der Waals surface area (Å²) in [7, 11) is 0. The van der Waals surface area contributed by atoms with Crippen LogP contribution in [0.2, 0.25) is 0 Å². The molecule has 5 rings (SSSR count). The highest BCUT2D eigenvalue weighted by molar-refractivity contribution is 5.79. The van der Waals surface area contributed by atoms with E-state index in [9.17, 15) is 4.79 Å². The van der Waals surface area contributed by atoms with Gasteiger partial charge in [-0.2, -0.15) is 0 Å². The zero-order valence-electron chi connectivity index (χ0n) is 14.9. The van der Waals surface area contributed by atoms with Gasteiger partial charge in [0.2, 0.25) is 0 Å². The number of para-hydroxylation sites is 1. The van der Waals surface area contributed by atoms with Crippen LogP contribution >= 0.6 is 0 Å². The predicted molar refractivity (Wildman–Crippen MR) is 100 cm³/mol. The van der Waals surface area contributed by atoms with Crippen LogP contribution in [0.15, 0.2) is 35.1 Å². The van der Waals surface area contributed by atoms with E-state index in [0.29, 0.717) is 24.5 Å². The fourth-order valence-electron chi connectivity index (χ4n) is 4.13. The number of aryl methyl sites for hydroxylation is 1. The predicted octanol–water partition coefficient (Wildman–Crippen LogP) is 2.49. The summed E-state index contributed by atoms with van der Waals surface area (Å²) in [5, 5.41) is 9.83. The van der Waals surface area contributed by atoms with E-state index in [1.807, 2.05) is 31.2 Å². The summed E-state index contributed by atoms with van der Waals surface area (Å²) in [6.45, 7) is 2.62. The Bertz CT molecular complexity index is 1040. The monoisotopic (exact) mass is 349 g/mol. The SMILES string of the molecule is Cc1cc(=O)c2ccccc2n1Cc1nnc(C2CC(N)C2)n1C1CC1. The molecule has 2 aliphatic carbocycles. The molecule has 0 bridgehead atoms. The maximum Gasteiger partial charge on any atom is 0.189 e. The summed E-state index contributed by atoms with van der Waals surface area (Å²) in [6, 6.07) is 10.3. The molecule has 3 aromatic rings. The van der Waals surface area contributed by atoms with Crippen molar-refractivity contribution >= 4 is 10.9 Å². The van der Waals surface area contributed by atoms with Crippen molar-refractivity contribution in [2.45, 2.75) is 57.2 Å². The molecule has 0 unspecified atom stereocenters. The van der Waals surface area contributed by atoms with Crippen molar-refractivity contribution in [2.24, 2.45) is 5.73 Å². The molecule has 6 nitrogen and oxygen atoms in total. The van der Waals surface area contributed by atoms with Gasteiger partial charge in [0, 0.05) is 35.1 Å². The van der Waals surface area contributed by atoms with Gasteiger partial charge in [-0.3, -0.25) is 4.79 Å². The zero-order valence-corrected chi connectivity index (χ0v) is 14.9. The van der Waals surface area contributed by atoms with Crippen LogP contribution in [0.25, 0.3) is 10.9 Å². The summed E-state index contributed by atoms with van der Waals surface area (Å²) >= 11 is 0. The van der Waals surface area contributed by atoms with Crippen LogP contribution in [0, 0.1) is 6.92 Å². The molecular formula is C20H23N5O. The fraction of sp³-hybridized carbons (Fsp3) is 0.450. The normalized spacial score (nSPS) is 22.5. The first kappa shape index (κ1) is 15.8. The van der Waals surface area contributed by atoms with E-state index >= 15 is 0 Å². The molecule has 2 N–H and O–H groups in total. The molecule has 6 heteroatoms. The molecule has 0 aliphatic heterocycles. The smallest absolute Gasteiger partial charge is 0.189 e. The molecule has 2 aromatic heterocycles. The molecule has 1 aromatic carbocycles. The second kappa shape index (κ2) is 5.77. The standard InChI is InChI=1S/C20H23N5O/c1-12-8-18(26)16-4-2-3-5-17(16)24(12)11-19-22-23-20(13-9-14(21)10-13)25(19)15-6-7-15/h2-5,8,13-15H,6-7,9-11,21H2,1H3. The zero-order chi connectivity index (χ0) is 17.8. The number of nitrogens with zero attached hydrogens (tertiary/aromatic N) is 4. The molecule has 0 radical (unpaired) electrons. The van der Waals surface area contributed by atoms with E-state index in [0.717, 1.165) is 41.1 Å². The molecule has 2 fully saturated rings. The molecule has 2 heterocycles. The summed E-state index contributed by atoms with van der Waals surface area (Å²) < 4.78 is 4.53. The van der Waals surface area contributed by atoms with E-state index in [1.165, 1.54) is 12.8 Å². The highest BCUT2D eigenvalue weighted by Crippen LogP contribution is 2.42. The van der Waals surface area contributed by atoms with E-state index in [4.69, 9.17) is 5.73 Å². The number of hydrogen-bond acceptors (Lipinski definition) is 4. The molecule has 0 amide bonds. The third-order valence-electron chi connectivity index (χ3n) is 5.77. The Morgan fingerprint density at radius 3 is 2.69 bits per heavy atom. The van der Waals surface area contributed by atoms with Crippen molar-refractivity contribution in [2.75, 3.05) is 0 Å². The highest BCUT2D eigenvalue weighted by Gasteiger charge is 2.36. The van der Waals surface area contributed by atoms with E-state index in [-0.39, 0.29) is 5.43 Å². The third-order valence-corrected chi connectivity index (χ3v) is 5.77. The van der Waals surface area contributed by atoms with Crippen molar-refractivity contribution < 1.29 is 0 Å². The van der Waals surface area contributed by atoms with Gasteiger partial charge < -0.3 is 14.9 Å². The fourth-order valence-corrected chi connectivity index (χ4v) is 4.13. The van der Waals surface area contributed by atoms with Gasteiger partial charge in [0.25, 0.3) is 0 Å². The van der Waals surface area contributed by atoms with Crippen molar-refractivity contribution in [1.82, 2.24) is 19.3 Å². The van der Waals surface area contributed by atoms with Crippen molar-refractivity contribution in [3.63, 3.8) is 0 Å². The summed E-state index contributed by atoms with van der Waals surface area (Å²) in [6.07, 6.45) is 4.40. The number of nitrogens with two attached hydrogens (primary N) is 1.